The van der Waals surface area contributed by atoms with Gasteiger partial charge >= 0.3 is 6.09 Å². The zero-order chi connectivity index (χ0) is 23.8. The Balaban J connectivity index is 1.46. The Kier molecular flexibility index (Phi) is 8.62. The third-order valence-electron chi connectivity index (χ3n) is 5.69. The van der Waals surface area contributed by atoms with Crippen molar-refractivity contribution in [2.24, 2.45) is 0 Å². The highest BCUT2D eigenvalue weighted by molar-refractivity contribution is 5.90. The van der Waals surface area contributed by atoms with Crippen molar-refractivity contribution in [2.45, 2.75) is 31.1 Å². The summed E-state index contributed by atoms with van der Waals surface area (Å²) in [6.07, 6.45) is -2.93. The van der Waals surface area contributed by atoms with Crippen molar-refractivity contribution < 1.29 is 38.0 Å². The predicted octanol–water partition coefficient (Wildman–Crippen LogP) is 2.70. The molecule has 1 amide bonds. The van der Waals surface area contributed by atoms with Crippen LogP contribution in [0, 0.1) is 0 Å². The number of hydrogen-bond donors (Lipinski definition) is 0. The van der Waals surface area contributed by atoms with Gasteiger partial charge < -0.3 is 28.4 Å². The molecule has 2 fully saturated rings. The van der Waals surface area contributed by atoms with Crippen LogP contribution < -0.4 is 0 Å². The summed E-state index contributed by atoms with van der Waals surface area (Å²) in [5.74, 6) is -0.290. The first-order valence-electron chi connectivity index (χ1n) is 11.2. The summed E-state index contributed by atoms with van der Waals surface area (Å²) in [6, 6.07) is 18.2. The average Bonchev–Trinajstić information content (AvgIpc) is 2.88. The molecule has 0 aromatic heterocycles. The Morgan fingerprint density at radius 1 is 1.06 bits per heavy atom. The molecule has 2 saturated heterocycles. The summed E-state index contributed by atoms with van der Waals surface area (Å²) in [5.41, 5.74) is 1.66. The largest absolute Gasteiger partial charge is 0.445 e. The number of nitrogens with zero attached hydrogens (tertiary/aromatic N) is 1. The lowest BCUT2D eigenvalue weighted by Crippen LogP contribution is -2.66. The number of carbonyl (C=O) groups excluding carboxylic acids is 2. The molecule has 2 heterocycles. The van der Waals surface area contributed by atoms with Gasteiger partial charge in [0.15, 0.2) is 12.1 Å². The molecule has 0 aliphatic carbocycles. The Morgan fingerprint density at radius 3 is 2.53 bits per heavy atom. The summed E-state index contributed by atoms with van der Waals surface area (Å²) in [5, 5.41) is 0. The minimum Gasteiger partial charge on any atom is -0.445 e. The maximum atomic E-state index is 13.0. The van der Waals surface area contributed by atoms with Crippen LogP contribution in [0.5, 0.6) is 0 Å². The summed E-state index contributed by atoms with van der Waals surface area (Å²) in [7, 11) is 1.57. The molecule has 9 nitrogen and oxygen atoms in total. The number of piperidine rings is 1. The van der Waals surface area contributed by atoms with Gasteiger partial charge in [-0.2, -0.15) is 0 Å². The van der Waals surface area contributed by atoms with Crippen molar-refractivity contribution in [1.29, 1.82) is 0 Å². The van der Waals surface area contributed by atoms with Crippen LogP contribution in [0.25, 0.3) is 0 Å². The molecule has 182 valence electrons. The number of hydrogen-bond acceptors (Lipinski definition) is 8. The molecule has 2 aliphatic heterocycles. The second kappa shape index (κ2) is 12.0. The quantitative estimate of drug-likeness (QED) is 0.407. The summed E-state index contributed by atoms with van der Waals surface area (Å²) >= 11 is 0. The van der Waals surface area contributed by atoms with Crippen molar-refractivity contribution in [2.75, 3.05) is 40.3 Å². The molecule has 4 atom stereocenters. The molecule has 0 saturated carbocycles. The molecule has 0 spiro atoms. The van der Waals surface area contributed by atoms with Crippen LogP contribution in [0.2, 0.25) is 0 Å². The lowest BCUT2D eigenvalue weighted by Gasteiger charge is -2.47. The fourth-order valence-electron chi connectivity index (χ4n) is 3.95. The van der Waals surface area contributed by atoms with Gasteiger partial charge in [0.2, 0.25) is 0 Å². The van der Waals surface area contributed by atoms with Gasteiger partial charge in [-0.25, -0.2) is 4.79 Å². The number of benzene rings is 2. The van der Waals surface area contributed by atoms with E-state index in [1.807, 2.05) is 60.7 Å². The molecular weight excluding hydrogens is 442 g/mol. The van der Waals surface area contributed by atoms with Gasteiger partial charge in [0.1, 0.15) is 25.6 Å². The number of likely N-dealkylation sites (tertiary alicyclic amines) is 1. The zero-order valence-corrected chi connectivity index (χ0v) is 19.0. The van der Waals surface area contributed by atoms with Gasteiger partial charge in [-0.05, 0) is 5.56 Å². The Bertz CT molecular complexity index is 925. The number of fused-ring (bicyclic) bond motifs is 1. The third-order valence-corrected chi connectivity index (χ3v) is 5.69. The number of ether oxygens (including phenoxy) is 6. The summed E-state index contributed by atoms with van der Waals surface area (Å²) in [4.78, 5) is 27.3. The number of Topliss-reactive ketones (excluding diaryl/α,β-unsaturated/α-hetero) is 1. The fourth-order valence-corrected chi connectivity index (χ4v) is 3.95. The lowest BCUT2D eigenvalue weighted by atomic mass is 9.94. The number of amides is 1. The van der Waals surface area contributed by atoms with Crippen LogP contribution in [0.1, 0.15) is 17.4 Å². The van der Waals surface area contributed by atoms with Crippen molar-refractivity contribution in [3.8, 4) is 0 Å². The monoisotopic (exact) mass is 471 g/mol. The normalized spacial score (nSPS) is 24.5. The number of rotatable bonds is 9. The highest BCUT2D eigenvalue weighted by Crippen LogP contribution is 2.34. The van der Waals surface area contributed by atoms with Crippen LogP contribution in [0.4, 0.5) is 4.79 Å². The molecule has 0 bridgehead atoms. The van der Waals surface area contributed by atoms with E-state index in [9.17, 15) is 9.59 Å². The second-order valence-corrected chi connectivity index (χ2v) is 7.98. The molecule has 2 aromatic carbocycles. The van der Waals surface area contributed by atoms with Crippen molar-refractivity contribution in [1.82, 2.24) is 4.90 Å². The van der Waals surface area contributed by atoms with E-state index in [1.165, 1.54) is 4.90 Å². The summed E-state index contributed by atoms with van der Waals surface area (Å²) < 4.78 is 33.7. The molecule has 0 unspecified atom stereocenters. The lowest BCUT2D eigenvalue weighted by molar-refractivity contribution is -0.275. The Morgan fingerprint density at radius 2 is 1.79 bits per heavy atom. The molecule has 34 heavy (non-hydrogen) atoms. The topological polar surface area (TPSA) is 92.8 Å². The minimum atomic E-state index is -0.902. The van der Waals surface area contributed by atoms with E-state index in [2.05, 4.69) is 0 Å². The zero-order valence-electron chi connectivity index (χ0n) is 19.0. The first kappa shape index (κ1) is 24.3. The number of carbonyl (C=O) groups is 2. The van der Waals surface area contributed by atoms with Crippen LogP contribution in [-0.4, -0.2) is 75.3 Å². The highest BCUT2D eigenvalue weighted by Gasteiger charge is 2.50. The van der Waals surface area contributed by atoms with Gasteiger partial charge in [-0.15, -0.1) is 0 Å². The molecule has 0 radical (unpaired) electrons. The van der Waals surface area contributed by atoms with Crippen LogP contribution in [0.3, 0.4) is 0 Å². The van der Waals surface area contributed by atoms with E-state index in [4.69, 9.17) is 28.4 Å². The SMILES string of the molecule is COCCOCO[C@@H]1C(=O)CN(C(=O)OCc2ccccc2)[C@H]2CO[C@@H](c3ccccc3)O[C@@H]12. The standard InChI is InChI=1S/C25H29NO8/c1-29-12-13-30-17-33-23-21(27)14-26(25(28)32-15-18-8-4-2-5-9-18)20-16-31-24(34-22(20)23)19-10-6-3-7-11-19/h2-11,20,22-24H,12-17H2,1H3/t20-,22+,23+,24+/m0/s1. The van der Waals surface area contributed by atoms with E-state index in [0.29, 0.717) is 13.2 Å². The van der Waals surface area contributed by atoms with Gasteiger partial charge in [-0.3, -0.25) is 9.69 Å². The number of methoxy groups -OCH3 is 1. The molecular formula is C25H29NO8. The Labute approximate surface area is 198 Å². The van der Waals surface area contributed by atoms with Crippen LogP contribution >= 0.6 is 0 Å². The molecule has 2 aliphatic rings. The first-order valence-corrected chi connectivity index (χ1v) is 11.2. The van der Waals surface area contributed by atoms with Gasteiger partial charge in [0.05, 0.1) is 32.4 Å². The average molecular weight is 472 g/mol. The third kappa shape index (κ3) is 5.99. The van der Waals surface area contributed by atoms with Gasteiger partial charge in [0, 0.05) is 12.7 Å². The minimum absolute atomic E-state index is 0.0956. The first-order chi connectivity index (χ1) is 16.7. The van der Waals surface area contributed by atoms with Crippen molar-refractivity contribution in [3.05, 3.63) is 71.8 Å². The fraction of sp³-hybridized carbons (Fsp3) is 0.440. The predicted molar refractivity (Wildman–Crippen MR) is 120 cm³/mol. The van der Waals surface area contributed by atoms with E-state index >= 15 is 0 Å². The van der Waals surface area contributed by atoms with Crippen LogP contribution in [0.15, 0.2) is 60.7 Å². The molecule has 2 aromatic rings. The second-order valence-electron chi connectivity index (χ2n) is 7.98. The smallest absolute Gasteiger partial charge is 0.410 e. The molecule has 9 heteroatoms. The van der Waals surface area contributed by atoms with E-state index in [-0.39, 0.29) is 32.3 Å². The maximum absolute atomic E-state index is 13.0. The van der Waals surface area contributed by atoms with Gasteiger partial charge in [-0.1, -0.05) is 60.7 Å². The van der Waals surface area contributed by atoms with E-state index < -0.39 is 30.6 Å². The van der Waals surface area contributed by atoms with Crippen molar-refractivity contribution >= 4 is 11.9 Å². The maximum Gasteiger partial charge on any atom is 0.410 e. The molecule has 0 N–H and O–H groups in total. The summed E-state index contributed by atoms with van der Waals surface area (Å²) in [6.45, 7) is 0.753. The van der Waals surface area contributed by atoms with Crippen molar-refractivity contribution in [3.63, 3.8) is 0 Å². The number of ketones is 1. The molecule has 4 rings (SSSR count). The van der Waals surface area contributed by atoms with E-state index in [0.717, 1.165) is 11.1 Å². The van der Waals surface area contributed by atoms with Gasteiger partial charge in [0.25, 0.3) is 0 Å². The Hall–Kier alpha value is -2.82. The highest BCUT2D eigenvalue weighted by atomic mass is 16.7. The van der Waals surface area contributed by atoms with E-state index in [1.54, 1.807) is 7.11 Å². The van der Waals surface area contributed by atoms with Crippen LogP contribution in [-0.2, 0) is 39.8 Å².